The summed E-state index contributed by atoms with van der Waals surface area (Å²) in [6.07, 6.45) is 1.40. The Morgan fingerprint density at radius 1 is 0.807 bits per heavy atom. The number of ether oxygens (including phenoxy) is 4. The van der Waals surface area contributed by atoms with Gasteiger partial charge < -0.3 is 29.0 Å². The molecule has 0 atom stereocenters. The third-order valence-electron chi connectivity index (χ3n) is 7.36. The SMILES string of the molecule is COc1cc(C)c([N+](=O)[O-])cc1Br.COc1cc2c(C(=O)O)c[nH]c2cc1C#N.COc1ccc([N+](=O)[O-])c(C)c1.COc1ccc([N+](=O)[O-])c(C)c1Br.[B]=NS. The van der Waals surface area contributed by atoms with E-state index in [-0.39, 0.29) is 22.6 Å². The second-order valence-corrected chi connectivity index (χ2v) is 12.6. The van der Waals surface area contributed by atoms with E-state index < -0.39 is 20.7 Å². The van der Waals surface area contributed by atoms with Gasteiger partial charge in [0.25, 0.3) is 17.1 Å². The fourth-order valence-corrected chi connectivity index (χ4v) is 5.54. The van der Waals surface area contributed by atoms with Gasteiger partial charge in [-0.1, -0.05) is 0 Å². The number of benzene rings is 4. The number of nitro benzene ring substituents is 3. The molecule has 0 fully saturated rings. The van der Waals surface area contributed by atoms with E-state index in [9.17, 15) is 35.1 Å². The van der Waals surface area contributed by atoms with Crippen LogP contribution in [0, 0.1) is 62.4 Å². The van der Waals surface area contributed by atoms with Gasteiger partial charge in [0.15, 0.2) is 0 Å². The van der Waals surface area contributed by atoms with Crippen molar-refractivity contribution in [1.82, 2.24) is 4.98 Å². The van der Waals surface area contributed by atoms with E-state index in [4.69, 9.17) is 29.3 Å². The summed E-state index contributed by atoms with van der Waals surface area (Å²) in [7, 11) is 10.3. The van der Waals surface area contributed by atoms with Gasteiger partial charge in [-0.3, -0.25) is 30.3 Å². The fraction of sp³-hybridized carbons (Fsp3) is 0.200. The molecule has 18 nitrogen and oxygen atoms in total. The molecule has 1 aromatic heterocycles. The van der Waals surface area contributed by atoms with Crippen LogP contribution in [-0.2, 0) is 0 Å². The molecule has 2 N–H and O–H groups in total. The summed E-state index contributed by atoms with van der Waals surface area (Å²) >= 11 is 9.60. The van der Waals surface area contributed by atoms with Gasteiger partial charge in [0.2, 0.25) is 0 Å². The molecule has 4 aromatic carbocycles. The summed E-state index contributed by atoms with van der Waals surface area (Å²) in [6.45, 7) is 5.03. The first-order chi connectivity index (χ1) is 26.9. The molecule has 5 rings (SSSR count). The Labute approximate surface area is 349 Å². The van der Waals surface area contributed by atoms with E-state index >= 15 is 0 Å². The van der Waals surface area contributed by atoms with Gasteiger partial charge in [-0.2, -0.15) is 5.26 Å². The third-order valence-corrected chi connectivity index (χ3v) is 8.96. The number of nitrogens with zero attached hydrogens (tertiary/aromatic N) is 5. The van der Waals surface area contributed by atoms with Crippen molar-refractivity contribution in [3.05, 3.63) is 128 Å². The Morgan fingerprint density at radius 3 is 1.79 bits per heavy atom. The summed E-state index contributed by atoms with van der Waals surface area (Å²) in [5.41, 5.74) is 3.21. The molecule has 0 spiro atoms. The third kappa shape index (κ3) is 13.9. The molecule has 0 saturated carbocycles. The summed E-state index contributed by atoms with van der Waals surface area (Å²) < 4.78 is 23.8. The van der Waals surface area contributed by atoms with Crippen molar-refractivity contribution < 1.29 is 43.6 Å². The van der Waals surface area contributed by atoms with Gasteiger partial charge in [-0.25, -0.2) is 4.79 Å². The van der Waals surface area contributed by atoms with Gasteiger partial charge in [0, 0.05) is 52.0 Å². The summed E-state index contributed by atoms with van der Waals surface area (Å²) in [5, 5.41) is 49.8. The van der Waals surface area contributed by atoms with Crippen LogP contribution in [0.3, 0.4) is 0 Å². The van der Waals surface area contributed by atoms with Crippen LogP contribution in [-0.4, -0.2) is 66.9 Å². The van der Waals surface area contributed by atoms with Crippen LogP contribution in [0.1, 0.15) is 32.6 Å². The van der Waals surface area contributed by atoms with Crippen LogP contribution >= 0.6 is 44.7 Å². The molecule has 0 amide bonds. The van der Waals surface area contributed by atoms with Crippen molar-refractivity contribution in [3.63, 3.8) is 0 Å². The average molecular weight is 933 g/mol. The maximum atomic E-state index is 10.9. The number of halogens is 2. The first-order valence-corrected chi connectivity index (χ1v) is 17.5. The van der Waals surface area contributed by atoms with Crippen molar-refractivity contribution in [2.24, 2.45) is 4.30 Å². The zero-order valence-corrected chi connectivity index (χ0v) is 35.3. The second-order valence-electron chi connectivity index (χ2n) is 10.8. The normalized spacial score (nSPS) is 9.47. The maximum absolute atomic E-state index is 10.9. The van der Waals surface area contributed by atoms with E-state index in [2.05, 4.69) is 61.6 Å². The van der Waals surface area contributed by atoms with Crippen molar-refractivity contribution >= 4 is 86.2 Å². The predicted octanol–water partition coefficient (Wildman–Crippen LogP) is 9.19. The number of H-pyrrole nitrogens is 1. The summed E-state index contributed by atoms with van der Waals surface area (Å²) in [4.78, 5) is 43.9. The quantitative estimate of drug-likeness (QED) is 0.0568. The molecule has 5 aromatic rings. The van der Waals surface area contributed by atoms with E-state index in [1.54, 1.807) is 57.2 Å². The minimum absolute atomic E-state index is 0.0904. The molecule has 0 aliphatic carbocycles. The number of rotatable bonds is 8. The number of aromatic carboxylic acids is 1. The fourth-order valence-electron chi connectivity index (χ4n) is 4.55. The van der Waals surface area contributed by atoms with Crippen LogP contribution in [0.15, 0.2) is 74.0 Å². The first kappa shape index (κ1) is 49.0. The van der Waals surface area contributed by atoms with E-state index in [0.717, 1.165) is 0 Å². The van der Waals surface area contributed by atoms with Crippen molar-refractivity contribution in [2.45, 2.75) is 20.8 Å². The number of methoxy groups -OCH3 is 4. The molecule has 0 aliphatic rings. The number of fused-ring (bicyclic) bond motifs is 1. The van der Waals surface area contributed by atoms with E-state index in [1.807, 2.05) is 6.07 Å². The Balaban J connectivity index is 0.000000373. The molecule has 0 unspecified atom stereocenters. The van der Waals surface area contributed by atoms with Crippen LogP contribution in [0.5, 0.6) is 23.0 Å². The molecule has 57 heavy (non-hydrogen) atoms. The Morgan fingerprint density at radius 2 is 1.33 bits per heavy atom. The average Bonchev–Trinajstić information content (AvgIpc) is 3.60. The van der Waals surface area contributed by atoms with Gasteiger partial charge in [0.05, 0.1) is 63.3 Å². The Kier molecular flexibility index (Phi) is 20.4. The molecule has 1 heterocycles. The number of aromatic nitrogens is 1. The van der Waals surface area contributed by atoms with Gasteiger partial charge >= 0.3 is 30.7 Å². The molecule has 22 heteroatoms. The molecular weight excluding hydrogens is 899 g/mol. The Bertz CT molecular complexity index is 2290. The van der Waals surface area contributed by atoms with Gasteiger partial charge in [-0.05, 0) is 89.0 Å². The number of hydrogen-bond donors (Lipinski definition) is 3. The van der Waals surface area contributed by atoms with Crippen molar-refractivity contribution in [1.29, 1.82) is 5.26 Å². The summed E-state index contributed by atoms with van der Waals surface area (Å²) in [6, 6.07) is 15.8. The monoisotopic (exact) mass is 931 g/mol. The number of nitriles is 1. The molecule has 1 radical (unpaired) electrons. The zero-order chi connectivity index (χ0) is 43.6. The van der Waals surface area contributed by atoms with Crippen LogP contribution < -0.4 is 18.9 Å². The number of carboxylic acids is 1. The number of aryl methyl sites for hydroxylation is 2. The number of hydrogen-bond acceptors (Lipinski definition) is 14. The number of thiol groups is 1. The van der Waals surface area contributed by atoms with Crippen molar-refractivity contribution in [3.8, 4) is 29.1 Å². The predicted molar refractivity (Wildman–Crippen MR) is 222 cm³/mol. The minimum atomic E-state index is -1.02. The summed E-state index contributed by atoms with van der Waals surface area (Å²) in [5.74, 6) is 1.19. The molecule has 0 bridgehead atoms. The Hall–Kier alpha value is -6.05. The standard InChI is InChI=1S/C11H8N2O3.2C8H8BrNO3.C8H9NO3.BHNS/c1-16-10-3-7-8(11(14)15)5-13-9(7)2-6(10)4-12;1-5-3-8(13-2)6(9)4-7(5)10(11)12;1-5-6(10(11)12)3-4-7(13-2)8(5)9;1-6-5-7(12-2)3-4-8(6)9(10)11;1-2-3/h2-3,5,13H,1H3,(H,14,15);2*3-4H,1-2H3;3-5H,1-2H3;3H. The molecule has 0 aliphatic heterocycles. The molecular formula is C35H34BBr2N6O12S. The number of carboxylic acid groups (broad SMARTS) is 1. The first-order valence-electron chi connectivity index (χ1n) is 15.5. The number of aromatic amines is 1. The second kappa shape index (κ2) is 23.8. The van der Waals surface area contributed by atoms with Crippen LogP contribution in [0.25, 0.3) is 10.9 Å². The van der Waals surface area contributed by atoms with E-state index in [0.29, 0.717) is 65.1 Å². The topological polar surface area (TPSA) is 256 Å². The van der Waals surface area contributed by atoms with Crippen LogP contribution in [0.4, 0.5) is 17.1 Å². The van der Waals surface area contributed by atoms with Gasteiger partial charge in [0.1, 0.15) is 29.1 Å². The molecule has 0 saturated heterocycles. The van der Waals surface area contributed by atoms with Crippen LogP contribution in [0.2, 0.25) is 0 Å². The number of carbonyl (C=O) groups is 1. The van der Waals surface area contributed by atoms with Gasteiger partial charge in [-0.15, -0.1) is 0 Å². The zero-order valence-electron chi connectivity index (χ0n) is 31.2. The van der Waals surface area contributed by atoms with E-state index in [1.165, 1.54) is 52.8 Å². The number of nitro groups is 3. The van der Waals surface area contributed by atoms with Crippen molar-refractivity contribution in [2.75, 3.05) is 28.4 Å². The molecule has 299 valence electrons. The number of nitrogens with one attached hydrogen (secondary N) is 1.